The molecule has 0 aliphatic carbocycles. The van der Waals surface area contributed by atoms with Crippen molar-refractivity contribution in [3.63, 3.8) is 0 Å². The maximum atomic E-state index is 13.2. The van der Waals surface area contributed by atoms with Crippen LogP contribution in [0.25, 0.3) is 22.0 Å². The van der Waals surface area contributed by atoms with Crippen molar-refractivity contribution in [1.29, 1.82) is 0 Å². The number of nitrogens with zero attached hydrogens (tertiary/aromatic N) is 3. The molecule has 1 amide bonds. The number of amides is 1. The quantitative estimate of drug-likeness (QED) is 0.382. The third-order valence-corrected chi connectivity index (χ3v) is 7.61. The number of aromatic nitrogens is 2. The summed E-state index contributed by atoms with van der Waals surface area (Å²) in [5, 5.41) is 0.645. The highest BCUT2D eigenvalue weighted by molar-refractivity contribution is 7.92. The molecular weight excluding hydrogens is 508 g/mol. The molecule has 1 aliphatic rings. The Morgan fingerprint density at radius 2 is 1.71 bits per heavy atom. The maximum absolute atomic E-state index is 13.2. The van der Waals surface area contributed by atoms with Gasteiger partial charge in [0.05, 0.1) is 37.8 Å². The molecule has 2 aromatic carbocycles. The van der Waals surface area contributed by atoms with E-state index in [0.717, 1.165) is 5.56 Å². The summed E-state index contributed by atoms with van der Waals surface area (Å²) in [6.07, 6.45) is 3.12. The van der Waals surface area contributed by atoms with Crippen molar-refractivity contribution in [3.05, 3.63) is 72.6 Å². The molecule has 1 N–H and O–H groups in total. The molecule has 1 aliphatic heterocycles. The monoisotopic (exact) mass is 534 g/mol. The third-order valence-electron chi connectivity index (χ3n) is 6.23. The molecule has 5 rings (SSSR count). The fourth-order valence-electron chi connectivity index (χ4n) is 4.31. The Balaban J connectivity index is 1.54. The average molecular weight is 535 g/mol. The van der Waals surface area contributed by atoms with Gasteiger partial charge in [-0.15, -0.1) is 0 Å². The molecule has 0 radical (unpaired) electrons. The van der Waals surface area contributed by atoms with E-state index in [0.29, 0.717) is 54.1 Å². The lowest BCUT2D eigenvalue weighted by atomic mass is 10.0. The summed E-state index contributed by atoms with van der Waals surface area (Å²) in [4.78, 5) is 23.8. The Morgan fingerprint density at radius 1 is 0.947 bits per heavy atom. The van der Waals surface area contributed by atoms with Crippen LogP contribution in [0.1, 0.15) is 10.4 Å². The molecule has 2 aromatic heterocycles. The number of morpholine rings is 1. The van der Waals surface area contributed by atoms with Gasteiger partial charge >= 0.3 is 0 Å². The number of carbonyl (C=O) groups excluding carboxylic acids is 1. The summed E-state index contributed by atoms with van der Waals surface area (Å²) in [7, 11) is -0.932. The summed E-state index contributed by atoms with van der Waals surface area (Å²) < 4.78 is 44.8. The predicted octanol–water partition coefficient (Wildman–Crippen LogP) is 3.59. The standard InChI is InChI=1S/C27H26N4O6S/c1-35-25-21-14-18(8-9-23(21)28-17-22(25)27(32)31-10-12-37-13-11-31)19-15-24(26(36-2)29-16-19)30-38(33,34)20-6-4-3-5-7-20/h3-9,14-17,30H,10-13H2,1-2H3. The Bertz CT molecular complexity index is 1590. The number of benzene rings is 2. The number of sulfonamides is 1. The van der Waals surface area contributed by atoms with Gasteiger partial charge in [-0.1, -0.05) is 24.3 Å². The van der Waals surface area contributed by atoms with Gasteiger partial charge in [-0.3, -0.25) is 14.5 Å². The zero-order chi connectivity index (χ0) is 26.7. The van der Waals surface area contributed by atoms with Crippen LogP contribution in [0.15, 0.2) is 71.9 Å². The second-order valence-corrected chi connectivity index (χ2v) is 10.2. The van der Waals surface area contributed by atoms with Crippen LogP contribution in [0.5, 0.6) is 11.6 Å². The lowest BCUT2D eigenvalue weighted by molar-refractivity contribution is 0.0301. The molecule has 0 bridgehead atoms. The first-order valence-corrected chi connectivity index (χ1v) is 13.4. The van der Waals surface area contributed by atoms with E-state index in [9.17, 15) is 13.2 Å². The van der Waals surface area contributed by atoms with Crippen molar-refractivity contribution in [2.75, 3.05) is 45.2 Å². The number of carbonyl (C=O) groups is 1. The van der Waals surface area contributed by atoms with Crippen LogP contribution < -0.4 is 14.2 Å². The summed E-state index contributed by atoms with van der Waals surface area (Å²) in [5.74, 6) is 0.375. The average Bonchev–Trinajstić information content (AvgIpc) is 2.96. The SMILES string of the molecule is COc1ncc(-c2ccc3ncc(C(=O)N4CCOCC4)c(OC)c3c2)cc1NS(=O)(=O)c1ccccc1. The summed E-state index contributed by atoms with van der Waals surface area (Å²) in [6.45, 7) is 1.97. The van der Waals surface area contributed by atoms with E-state index in [1.54, 1.807) is 35.4 Å². The highest BCUT2D eigenvalue weighted by Crippen LogP contribution is 2.35. The summed E-state index contributed by atoms with van der Waals surface area (Å²) >= 11 is 0. The molecule has 1 fully saturated rings. The zero-order valence-corrected chi connectivity index (χ0v) is 21.7. The van der Waals surface area contributed by atoms with Gasteiger partial charge in [-0.2, -0.15) is 0 Å². The van der Waals surface area contributed by atoms with E-state index in [-0.39, 0.29) is 22.4 Å². The second-order valence-electron chi connectivity index (χ2n) is 8.54. The van der Waals surface area contributed by atoms with Crippen molar-refractivity contribution >= 4 is 32.5 Å². The topological polar surface area (TPSA) is 120 Å². The van der Waals surface area contributed by atoms with E-state index in [1.165, 1.54) is 32.5 Å². The highest BCUT2D eigenvalue weighted by atomic mass is 32.2. The molecule has 11 heteroatoms. The van der Waals surface area contributed by atoms with Gasteiger partial charge in [0.15, 0.2) is 0 Å². The smallest absolute Gasteiger partial charge is 0.262 e. The molecule has 0 spiro atoms. The van der Waals surface area contributed by atoms with Gasteiger partial charge in [0.25, 0.3) is 15.9 Å². The number of pyridine rings is 2. The third kappa shape index (κ3) is 4.98. The zero-order valence-electron chi connectivity index (χ0n) is 20.9. The van der Waals surface area contributed by atoms with Crippen LogP contribution in [-0.4, -0.2) is 69.7 Å². The molecule has 38 heavy (non-hydrogen) atoms. The van der Waals surface area contributed by atoms with Gasteiger partial charge in [-0.05, 0) is 35.9 Å². The van der Waals surface area contributed by atoms with Gasteiger partial charge in [0.1, 0.15) is 17.0 Å². The van der Waals surface area contributed by atoms with Gasteiger partial charge in [-0.25, -0.2) is 13.4 Å². The number of fused-ring (bicyclic) bond motifs is 1. The van der Waals surface area contributed by atoms with Crippen molar-refractivity contribution in [1.82, 2.24) is 14.9 Å². The normalized spacial score (nSPS) is 13.8. The largest absolute Gasteiger partial charge is 0.495 e. The van der Waals surface area contributed by atoms with Gasteiger partial charge in [0, 0.05) is 36.4 Å². The van der Waals surface area contributed by atoms with Crippen molar-refractivity contribution in [2.45, 2.75) is 4.90 Å². The van der Waals surface area contributed by atoms with E-state index in [4.69, 9.17) is 14.2 Å². The van der Waals surface area contributed by atoms with Crippen LogP contribution in [0.3, 0.4) is 0 Å². The Labute approximate surface area is 220 Å². The fourth-order valence-corrected chi connectivity index (χ4v) is 5.38. The lowest BCUT2D eigenvalue weighted by Crippen LogP contribution is -2.40. The van der Waals surface area contributed by atoms with E-state index >= 15 is 0 Å². The highest BCUT2D eigenvalue weighted by Gasteiger charge is 2.24. The van der Waals surface area contributed by atoms with Crippen molar-refractivity contribution < 1.29 is 27.4 Å². The predicted molar refractivity (Wildman–Crippen MR) is 142 cm³/mol. The van der Waals surface area contributed by atoms with E-state index in [2.05, 4.69) is 14.7 Å². The van der Waals surface area contributed by atoms with Crippen molar-refractivity contribution in [2.24, 2.45) is 0 Å². The Kier molecular flexibility index (Phi) is 7.12. The molecule has 0 saturated carbocycles. The minimum Gasteiger partial charge on any atom is -0.495 e. The Hall–Kier alpha value is -4.22. The number of rotatable bonds is 7. The van der Waals surface area contributed by atoms with Crippen LogP contribution in [0.2, 0.25) is 0 Å². The molecule has 4 aromatic rings. The number of nitrogens with one attached hydrogen (secondary N) is 1. The van der Waals surface area contributed by atoms with Crippen LogP contribution >= 0.6 is 0 Å². The summed E-state index contributed by atoms with van der Waals surface area (Å²) in [5.41, 5.74) is 2.56. The Morgan fingerprint density at radius 3 is 2.42 bits per heavy atom. The van der Waals surface area contributed by atoms with Gasteiger partial charge < -0.3 is 19.1 Å². The first-order chi connectivity index (χ1) is 18.4. The first kappa shape index (κ1) is 25.4. The first-order valence-electron chi connectivity index (χ1n) is 11.9. The number of methoxy groups -OCH3 is 2. The number of anilines is 1. The minimum absolute atomic E-state index is 0.117. The van der Waals surface area contributed by atoms with Gasteiger partial charge in [0.2, 0.25) is 5.88 Å². The lowest BCUT2D eigenvalue weighted by Gasteiger charge is -2.27. The number of ether oxygens (including phenoxy) is 3. The molecule has 0 atom stereocenters. The molecule has 1 saturated heterocycles. The number of hydrogen-bond acceptors (Lipinski definition) is 8. The van der Waals surface area contributed by atoms with Crippen LogP contribution in [0.4, 0.5) is 5.69 Å². The van der Waals surface area contributed by atoms with E-state index in [1.807, 2.05) is 18.2 Å². The van der Waals surface area contributed by atoms with Crippen LogP contribution in [-0.2, 0) is 14.8 Å². The fraction of sp³-hybridized carbons (Fsp3) is 0.222. The number of hydrogen-bond donors (Lipinski definition) is 1. The molecule has 10 nitrogen and oxygen atoms in total. The second kappa shape index (κ2) is 10.6. The molecule has 3 heterocycles. The van der Waals surface area contributed by atoms with Crippen molar-refractivity contribution in [3.8, 4) is 22.8 Å². The molecule has 0 unspecified atom stereocenters. The molecule has 196 valence electrons. The van der Waals surface area contributed by atoms with Crippen LogP contribution in [0, 0.1) is 0 Å². The summed E-state index contributed by atoms with van der Waals surface area (Å²) in [6, 6.07) is 15.2. The van der Waals surface area contributed by atoms with E-state index < -0.39 is 10.0 Å². The molecular formula is C27H26N4O6S. The maximum Gasteiger partial charge on any atom is 0.262 e. The minimum atomic E-state index is -3.87.